The van der Waals surface area contributed by atoms with Crippen molar-refractivity contribution in [1.29, 1.82) is 0 Å². The van der Waals surface area contributed by atoms with Gasteiger partial charge in [-0.3, -0.25) is 15.0 Å². The second-order valence-electron chi connectivity index (χ2n) is 7.42. The van der Waals surface area contributed by atoms with Crippen molar-refractivity contribution in [2.24, 2.45) is 0 Å². The van der Waals surface area contributed by atoms with Gasteiger partial charge in [-0.2, -0.15) is 0 Å². The van der Waals surface area contributed by atoms with Gasteiger partial charge in [0.2, 0.25) is 0 Å². The number of esters is 1. The molecular formula is C23H25N3O5. The van der Waals surface area contributed by atoms with E-state index in [9.17, 15) is 14.4 Å². The zero-order valence-corrected chi connectivity index (χ0v) is 17.9. The number of benzene rings is 2. The first kappa shape index (κ1) is 21.9. The number of nitrogens with one attached hydrogen (secondary N) is 1. The second-order valence-corrected chi connectivity index (χ2v) is 7.42. The number of hydrogen-bond acceptors (Lipinski definition) is 6. The first-order valence-corrected chi connectivity index (χ1v) is 9.82. The standard InChI is InChI=1S/C23H25N3O5/c1-15(2)31-21(27)14-30-20-13-18(25(3)4)11-10-16(20)12-19-22(28)24-26(23(19)29)17-8-6-5-7-9-17/h5-13,15H,14H2,1-4H3,(H,24,28). The molecule has 0 bridgehead atoms. The van der Waals surface area contributed by atoms with Crippen LogP contribution in [0, 0.1) is 0 Å². The highest BCUT2D eigenvalue weighted by Gasteiger charge is 2.34. The van der Waals surface area contributed by atoms with Crippen LogP contribution in [0.5, 0.6) is 5.75 Å². The van der Waals surface area contributed by atoms with Gasteiger partial charge in [-0.05, 0) is 44.2 Å². The lowest BCUT2D eigenvalue weighted by atomic mass is 10.1. The topological polar surface area (TPSA) is 88.2 Å². The Labute approximate surface area is 181 Å². The number of para-hydroxylation sites is 1. The molecule has 1 heterocycles. The van der Waals surface area contributed by atoms with Gasteiger partial charge < -0.3 is 14.4 Å². The highest BCUT2D eigenvalue weighted by molar-refractivity contribution is 6.31. The Kier molecular flexibility index (Phi) is 6.59. The summed E-state index contributed by atoms with van der Waals surface area (Å²) in [7, 11) is 3.74. The summed E-state index contributed by atoms with van der Waals surface area (Å²) >= 11 is 0. The van der Waals surface area contributed by atoms with Gasteiger partial charge in [-0.15, -0.1) is 0 Å². The number of hydrazine groups is 1. The normalized spacial score (nSPS) is 14.7. The predicted molar refractivity (Wildman–Crippen MR) is 118 cm³/mol. The van der Waals surface area contributed by atoms with Gasteiger partial charge >= 0.3 is 5.97 Å². The predicted octanol–water partition coefficient (Wildman–Crippen LogP) is 2.54. The first-order valence-electron chi connectivity index (χ1n) is 9.82. The Morgan fingerprint density at radius 1 is 1.13 bits per heavy atom. The molecule has 1 saturated heterocycles. The minimum absolute atomic E-state index is 0.0314. The van der Waals surface area contributed by atoms with Crippen molar-refractivity contribution in [3.8, 4) is 5.75 Å². The van der Waals surface area contributed by atoms with Crippen LogP contribution in [0.4, 0.5) is 11.4 Å². The molecular weight excluding hydrogens is 398 g/mol. The van der Waals surface area contributed by atoms with Crippen molar-refractivity contribution in [1.82, 2.24) is 5.43 Å². The van der Waals surface area contributed by atoms with E-state index in [2.05, 4.69) is 5.43 Å². The zero-order valence-electron chi connectivity index (χ0n) is 17.9. The van der Waals surface area contributed by atoms with Crippen LogP contribution in [0.15, 0.2) is 54.1 Å². The summed E-state index contributed by atoms with van der Waals surface area (Å²) in [5.41, 5.74) is 4.42. The summed E-state index contributed by atoms with van der Waals surface area (Å²) < 4.78 is 10.8. The fourth-order valence-corrected chi connectivity index (χ4v) is 2.95. The van der Waals surface area contributed by atoms with Gasteiger partial charge in [0.25, 0.3) is 11.8 Å². The lowest BCUT2D eigenvalue weighted by Gasteiger charge is -2.16. The molecule has 8 heteroatoms. The Balaban J connectivity index is 1.90. The highest BCUT2D eigenvalue weighted by Crippen LogP contribution is 2.29. The van der Waals surface area contributed by atoms with Gasteiger partial charge in [0, 0.05) is 31.4 Å². The summed E-state index contributed by atoms with van der Waals surface area (Å²) in [4.78, 5) is 39.1. The van der Waals surface area contributed by atoms with Gasteiger partial charge in [0.15, 0.2) is 6.61 Å². The summed E-state index contributed by atoms with van der Waals surface area (Å²) in [6.45, 7) is 3.22. The molecule has 1 aliphatic heterocycles. The van der Waals surface area contributed by atoms with E-state index < -0.39 is 17.8 Å². The Morgan fingerprint density at radius 2 is 1.84 bits per heavy atom. The van der Waals surface area contributed by atoms with Crippen LogP contribution in [0.3, 0.4) is 0 Å². The molecule has 8 nitrogen and oxygen atoms in total. The Bertz CT molecular complexity index is 1020. The molecule has 0 unspecified atom stereocenters. The molecule has 2 aromatic carbocycles. The number of nitrogens with zero attached hydrogens (tertiary/aromatic N) is 2. The number of amides is 2. The van der Waals surface area contributed by atoms with Crippen molar-refractivity contribution in [2.45, 2.75) is 20.0 Å². The van der Waals surface area contributed by atoms with E-state index in [1.165, 1.54) is 11.1 Å². The quantitative estimate of drug-likeness (QED) is 0.418. The number of rotatable bonds is 7. The fraction of sp³-hybridized carbons (Fsp3) is 0.261. The van der Waals surface area contributed by atoms with Crippen molar-refractivity contribution in [2.75, 3.05) is 30.6 Å². The van der Waals surface area contributed by atoms with Crippen molar-refractivity contribution < 1.29 is 23.9 Å². The molecule has 2 amide bonds. The second kappa shape index (κ2) is 9.34. The molecule has 0 spiro atoms. The highest BCUT2D eigenvalue weighted by atomic mass is 16.6. The van der Waals surface area contributed by atoms with Crippen LogP contribution in [-0.2, 0) is 19.1 Å². The molecule has 0 radical (unpaired) electrons. The maximum atomic E-state index is 12.8. The van der Waals surface area contributed by atoms with Crippen LogP contribution in [0.1, 0.15) is 19.4 Å². The molecule has 0 atom stereocenters. The lowest BCUT2D eigenvalue weighted by molar-refractivity contribution is -0.149. The minimum Gasteiger partial charge on any atom is -0.481 e. The number of ether oxygens (including phenoxy) is 2. The molecule has 162 valence electrons. The monoisotopic (exact) mass is 423 g/mol. The Morgan fingerprint density at radius 3 is 2.48 bits per heavy atom. The van der Waals surface area contributed by atoms with Crippen LogP contribution < -0.4 is 20.1 Å². The maximum absolute atomic E-state index is 12.8. The molecule has 1 fully saturated rings. The third kappa shape index (κ3) is 5.22. The number of hydrogen-bond donors (Lipinski definition) is 1. The molecule has 3 rings (SSSR count). The molecule has 0 saturated carbocycles. The van der Waals surface area contributed by atoms with Crippen LogP contribution in [0.25, 0.3) is 6.08 Å². The van der Waals surface area contributed by atoms with E-state index >= 15 is 0 Å². The number of carbonyl (C=O) groups excluding carboxylic acids is 3. The molecule has 31 heavy (non-hydrogen) atoms. The summed E-state index contributed by atoms with van der Waals surface area (Å²) in [6, 6.07) is 14.1. The van der Waals surface area contributed by atoms with E-state index in [0.717, 1.165) is 5.69 Å². The molecule has 2 aromatic rings. The third-order valence-corrected chi connectivity index (χ3v) is 4.43. The van der Waals surface area contributed by atoms with Gasteiger partial charge in [0.05, 0.1) is 11.8 Å². The molecule has 1 aliphatic rings. The van der Waals surface area contributed by atoms with Crippen LogP contribution >= 0.6 is 0 Å². The minimum atomic E-state index is -0.518. The summed E-state index contributed by atoms with van der Waals surface area (Å²) in [5, 5.41) is 1.20. The largest absolute Gasteiger partial charge is 0.481 e. The third-order valence-electron chi connectivity index (χ3n) is 4.43. The van der Waals surface area contributed by atoms with Crippen molar-refractivity contribution >= 4 is 35.2 Å². The zero-order chi connectivity index (χ0) is 22.5. The van der Waals surface area contributed by atoms with E-state index in [1.807, 2.05) is 31.1 Å². The van der Waals surface area contributed by atoms with Crippen molar-refractivity contribution in [3.05, 3.63) is 59.7 Å². The summed E-state index contributed by atoms with van der Waals surface area (Å²) in [6.07, 6.45) is 1.21. The smallest absolute Gasteiger partial charge is 0.344 e. The van der Waals surface area contributed by atoms with E-state index in [1.54, 1.807) is 50.2 Å². The van der Waals surface area contributed by atoms with Gasteiger partial charge in [-0.1, -0.05) is 18.2 Å². The average Bonchev–Trinajstić information content (AvgIpc) is 3.01. The van der Waals surface area contributed by atoms with E-state index in [0.29, 0.717) is 17.0 Å². The van der Waals surface area contributed by atoms with Gasteiger partial charge in [0.1, 0.15) is 11.3 Å². The molecule has 0 aliphatic carbocycles. The fourth-order valence-electron chi connectivity index (χ4n) is 2.95. The lowest BCUT2D eigenvalue weighted by Crippen LogP contribution is -2.35. The first-order chi connectivity index (χ1) is 14.8. The number of anilines is 2. The molecule has 0 aromatic heterocycles. The van der Waals surface area contributed by atoms with E-state index in [4.69, 9.17) is 9.47 Å². The van der Waals surface area contributed by atoms with Gasteiger partial charge in [-0.25, -0.2) is 9.80 Å². The van der Waals surface area contributed by atoms with Crippen molar-refractivity contribution in [3.63, 3.8) is 0 Å². The maximum Gasteiger partial charge on any atom is 0.344 e. The Hall–Kier alpha value is -3.81. The number of carbonyl (C=O) groups is 3. The average molecular weight is 423 g/mol. The van der Waals surface area contributed by atoms with E-state index in [-0.39, 0.29) is 18.3 Å². The SMILES string of the molecule is CC(C)OC(=O)COc1cc(N(C)C)ccc1C=C1C(=O)NN(c2ccccc2)C1=O. The summed E-state index contributed by atoms with van der Waals surface area (Å²) in [5.74, 6) is -1.14. The van der Waals surface area contributed by atoms with Crippen LogP contribution in [-0.4, -0.2) is 44.6 Å². The van der Waals surface area contributed by atoms with Crippen LogP contribution in [0.2, 0.25) is 0 Å². The molecule has 1 N–H and O–H groups in total.